The zero-order valence-electron chi connectivity index (χ0n) is 15.7. The van der Waals surface area contributed by atoms with Gasteiger partial charge >= 0.3 is 5.97 Å². The van der Waals surface area contributed by atoms with Gasteiger partial charge in [-0.05, 0) is 47.9 Å². The first kappa shape index (κ1) is 17.5. The maximum atomic E-state index is 13.3. The lowest BCUT2D eigenvalue weighted by molar-refractivity contribution is -0.314. The number of benzene rings is 2. The van der Waals surface area contributed by atoms with Gasteiger partial charge in [-0.25, -0.2) is 0 Å². The number of hydrogen-bond donors (Lipinski definition) is 0. The molecular formula is C24H23O4-. The van der Waals surface area contributed by atoms with Crippen molar-refractivity contribution in [1.82, 2.24) is 0 Å². The third-order valence-corrected chi connectivity index (χ3v) is 6.82. The summed E-state index contributed by atoms with van der Waals surface area (Å²) in [7, 11) is 0. The molecule has 0 heterocycles. The van der Waals surface area contributed by atoms with Crippen molar-refractivity contribution in [2.45, 2.75) is 50.0 Å². The summed E-state index contributed by atoms with van der Waals surface area (Å²) in [6.07, 6.45) is 4.94. The van der Waals surface area contributed by atoms with Crippen molar-refractivity contribution >= 4 is 11.9 Å². The number of carbonyl (C=O) groups excluding carboxylic acids is 2. The van der Waals surface area contributed by atoms with Crippen LogP contribution >= 0.6 is 0 Å². The maximum absolute atomic E-state index is 13.3. The van der Waals surface area contributed by atoms with E-state index in [2.05, 4.69) is 0 Å². The molecule has 2 atom stereocenters. The normalized spacial score (nSPS) is 28.3. The summed E-state index contributed by atoms with van der Waals surface area (Å²) >= 11 is 0. The van der Waals surface area contributed by atoms with Gasteiger partial charge in [-0.3, -0.25) is 4.79 Å². The first-order chi connectivity index (χ1) is 13.7. The summed E-state index contributed by atoms with van der Waals surface area (Å²) in [6, 6.07) is 15.8. The Morgan fingerprint density at radius 3 is 1.68 bits per heavy atom. The second kappa shape index (κ2) is 6.77. The summed E-state index contributed by atoms with van der Waals surface area (Å²) in [5.74, 6) is -3.83. The van der Waals surface area contributed by atoms with Crippen LogP contribution in [0.4, 0.5) is 0 Å². The number of carboxylic acids is 1. The van der Waals surface area contributed by atoms with Crippen LogP contribution in [0.3, 0.4) is 0 Å². The molecule has 0 unspecified atom stereocenters. The molecule has 2 bridgehead atoms. The first-order valence-electron chi connectivity index (χ1n) is 10.3. The predicted molar refractivity (Wildman–Crippen MR) is 102 cm³/mol. The van der Waals surface area contributed by atoms with Crippen LogP contribution < -0.4 is 5.11 Å². The van der Waals surface area contributed by atoms with Gasteiger partial charge in [0, 0.05) is 23.7 Å². The van der Waals surface area contributed by atoms with Gasteiger partial charge in [0.1, 0.15) is 6.10 Å². The molecule has 0 aromatic heterocycles. The van der Waals surface area contributed by atoms with E-state index in [0.29, 0.717) is 0 Å². The molecule has 4 aliphatic rings. The molecule has 1 saturated carbocycles. The van der Waals surface area contributed by atoms with Crippen LogP contribution in [-0.2, 0) is 14.3 Å². The van der Waals surface area contributed by atoms with Gasteiger partial charge in [0.25, 0.3) is 0 Å². The van der Waals surface area contributed by atoms with Crippen molar-refractivity contribution in [3.8, 4) is 0 Å². The summed E-state index contributed by atoms with van der Waals surface area (Å²) in [5.41, 5.74) is 4.10. The quantitative estimate of drug-likeness (QED) is 0.773. The highest BCUT2D eigenvalue weighted by Gasteiger charge is 2.53. The van der Waals surface area contributed by atoms with Crippen molar-refractivity contribution in [3.05, 3.63) is 70.8 Å². The molecule has 4 nitrogen and oxygen atoms in total. The van der Waals surface area contributed by atoms with E-state index in [-0.39, 0.29) is 23.9 Å². The summed E-state index contributed by atoms with van der Waals surface area (Å²) < 4.78 is 5.86. The number of esters is 1. The molecule has 4 aliphatic carbocycles. The highest BCUT2D eigenvalue weighted by molar-refractivity contribution is 5.86. The van der Waals surface area contributed by atoms with Crippen LogP contribution in [0.2, 0.25) is 0 Å². The van der Waals surface area contributed by atoms with Crippen molar-refractivity contribution in [1.29, 1.82) is 0 Å². The zero-order chi connectivity index (χ0) is 19.3. The van der Waals surface area contributed by atoms with E-state index in [0.717, 1.165) is 47.9 Å². The van der Waals surface area contributed by atoms with Gasteiger partial charge in [0.15, 0.2) is 0 Å². The first-order valence-corrected chi connectivity index (χ1v) is 10.3. The van der Waals surface area contributed by atoms with Crippen molar-refractivity contribution in [2.75, 3.05) is 0 Å². The van der Waals surface area contributed by atoms with Crippen molar-refractivity contribution < 1.29 is 19.4 Å². The van der Waals surface area contributed by atoms with E-state index in [4.69, 9.17) is 4.74 Å². The molecule has 0 aliphatic heterocycles. The third kappa shape index (κ3) is 2.58. The molecule has 0 saturated heterocycles. The number of carboxylic acid groups (broad SMARTS) is 1. The number of rotatable bonds is 3. The lowest BCUT2D eigenvalue weighted by atomic mass is 9.54. The minimum Gasteiger partial charge on any atom is -0.550 e. The number of ether oxygens (including phenoxy) is 1. The molecule has 6 rings (SSSR count). The SMILES string of the molecule is O=C([O-])[C@H]1C2c3ccccc3C(c3ccccc32)[C@@H]1C(=O)OC1CCCCC1. The highest BCUT2D eigenvalue weighted by Crippen LogP contribution is 2.58. The number of hydrogen-bond acceptors (Lipinski definition) is 4. The maximum Gasteiger partial charge on any atom is 0.310 e. The van der Waals surface area contributed by atoms with Gasteiger partial charge in [-0.2, -0.15) is 0 Å². The molecule has 0 amide bonds. The van der Waals surface area contributed by atoms with E-state index in [1.54, 1.807) is 0 Å². The average molecular weight is 375 g/mol. The molecule has 0 spiro atoms. The lowest BCUT2D eigenvalue weighted by Crippen LogP contribution is -2.51. The second-order valence-electron chi connectivity index (χ2n) is 8.28. The lowest BCUT2D eigenvalue weighted by Gasteiger charge is -2.50. The Balaban J connectivity index is 1.61. The minimum atomic E-state index is -1.16. The van der Waals surface area contributed by atoms with Gasteiger partial charge in [0.05, 0.1) is 5.92 Å². The molecule has 2 aromatic rings. The highest BCUT2D eigenvalue weighted by atomic mass is 16.5. The van der Waals surface area contributed by atoms with Crippen molar-refractivity contribution in [2.24, 2.45) is 11.8 Å². The predicted octanol–water partition coefficient (Wildman–Crippen LogP) is 3.14. The van der Waals surface area contributed by atoms with E-state index >= 15 is 0 Å². The van der Waals surface area contributed by atoms with E-state index in [1.807, 2.05) is 48.5 Å². The Morgan fingerprint density at radius 2 is 1.21 bits per heavy atom. The average Bonchev–Trinajstić information content (AvgIpc) is 2.73. The fraction of sp³-hybridized carbons (Fsp3) is 0.417. The molecule has 2 aromatic carbocycles. The van der Waals surface area contributed by atoms with Crippen LogP contribution in [0.25, 0.3) is 0 Å². The number of carbonyl (C=O) groups is 2. The number of aliphatic carboxylic acids is 1. The van der Waals surface area contributed by atoms with E-state index < -0.39 is 17.8 Å². The number of fused-ring (bicyclic) bond motifs is 1. The molecule has 144 valence electrons. The molecule has 28 heavy (non-hydrogen) atoms. The minimum absolute atomic E-state index is 0.0883. The van der Waals surface area contributed by atoms with Gasteiger partial charge < -0.3 is 14.6 Å². The fourth-order valence-corrected chi connectivity index (χ4v) is 5.67. The van der Waals surface area contributed by atoms with E-state index in [1.165, 1.54) is 6.42 Å². The standard InChI is InChI=1S/C24H24O4/c25-23(26)21-19-15-10-4-6-12-17(15)20(18-13-7-5-11-16(18)19)22(21)24(27)28-14-8-2-1-3-9-14/h4-7,10-14,19-22H,1-3,8-9H2,(H,25,26)/p-1/t19?,20?,21-,22-/m0/s1. The Kier molecular flexibility index (Phi) is 4.22. The molecule has 0 N–H and O–H groups in total. The summed E-state index contributed by atoms with van der Waals surface area (Å²) in [5, 5.41) is 12.3. The smallest absolute Gasteiger partial charge is 0.310 e. The van der Waals surface area contributed by atoms with Crippen LogP contribution in [-0.4, -0.2) is 18.0 Å². The second-order valence-corrected chi connectivity index (χ2v) is 8.28. The largest absolute Gasteiger partial charge is 0.550 e. The zero-order valence-corrected chi connectivity index (χ0v) is 15.7. The molecule has 1 fully saturated rings. The molecule has 4 heteroatoms. The third-order valence-electron chi connectivity index (χ3n) is 6.82. The Labute approximate surface area is 164 Å². The van der Waals surface area contributed by atoms with Crippen molar-refractivity contribution in [3.63, 3.8) is 0 Å². The topological polar surface area (TPSA) is 66.4 Å². The summed E-state index contributed by atoms with van der Waals surface area (Å²) in [4.78, 5) is 25.5. The van der Waals surface area contributed by atoms with E-state index in [9.17, 15) is 14.7 Å². The van der Waals surface area contributed by atoms with Gasteiger partial charge in [-0.15, -0.1) is 0 Å². The Bertz CT molecular complexity index is 880. The molecule has 0 radical (unpaired) electrons. The Hall–Kier alpha value is -2.62. The van der Waals surface area contributed by atoms with Gasteiger partial charge in [-0.1, -0.05) is 55.0 Å². The Morgan fingerprint density at radius 1 is 0.750 bits per heavy atom. The van der Waals surface area contributed by atoms with Crippen LogP contribution in [0.1, 0.15) is 66.2 Å². The molecular weight excluding hydrogens is 352 g/mol. The van der Waals surface area contributed by atoms with Crippen LogP contribution in [0.15, 0.2) is 48.5 Å². The van der Waals surface area contributed by atoms with Crippen LogP contribution in [0, 0.1) is 11.8 Å². The van der Waals surface area contributed by atoms with Crippen LogP contribution in [0.5, 0.6) is 0 Å². The monoisotopic (exact) mass is 375 g/mol. The fourth-order valence-electron chi connectivity index (χ4n) is 5.67. The summed E-state index contributed by atoms with van der Waals surface area (Å²) in [6.45, 7) is 0. The van der Waals surface area contributed by atoms with Gasteiger partial charge in [0.2, 0.25) is 0 Å².